The molecule has 0 bridgehead atoms. The molecule has 1 N–H and O–H groups in total. The molecule has 2 fully saturated rings. The molecular formula is C14H21ClN2O2S2. The molecule has 4 nitrogen and oxygen atoms in total. The molecular weight excluding hydrogens is 328 g/mol. The van der Waals surface area contributed by atoms with E-state index in [0.29, 0.717) is 33.6 Å². The summed E-state index contributed by atoms with van der Waals surface area (Å²) in [4.78, 5) is 0. The van der Waals surface area contributed by atoms with Crippen LogP contribution in [0.4, 0.5) is 0 Å². The average Bonchev–Trinajstić information content (AvgIpc) is 3.10. The minimum atomic E-state index is -3.39. The lowest BCUT2D eigenvalue weighted by atomic mass is 9.91. The average molecular weight is 349 g/mol. The molecule has 1 aromatic heterocycles. The van der Waals surface area contributed by atoms with Crippen LogP contribution in [-0.4, -0.2) is 38.4 Å². The van der Waals surface area contributed by atoms with Crippen LogP contribution >= 0.6 is 22.9 Å². The van der Waals surface area contributed by atoms with Crippen molar-refractivity contribution in [2.75, 3.05) is 19.6 Å². The molecule has 0 radical (unpaired) electrons. The van der Waals surface area contributed by atoms with Crippen molar-refractivity contribution in [3.05, 3.63) is 16.0 Å². The Kier molecular flexibility index (Phi) is 4.62. The van der Waals surface area contributed by atoms with Crippen LogP contribution in [0.3, 0.4) is 0 Å². The Bertz CT molecular complexity index is 589. The fraction of sp³-hybridized carbons (Fsp3) is 0.714. The summed E-state index contributed by atoms with van der Waals surface area (Å²) in [6.45, 7) is 4.17. The second-order valence-electron chi connectivity index (χ2n) is 5.99. The third-order valence-electron chi connectivity index (χ3n) is 4.52. The quantitative estimate of drug-likeness (QED) is 0.913. The van der Waals surface area contributed by atoms with Crippen molar-refractivity contribution in [3.8, 4) is 0 Å². The van der Waals surface area contributed by atoms with E-state index in [2.05, 4.69) is 5.32 Å². The molecule has 2 atom stereocenters. The Morgan fingerprint density at radius 2 is 2.19 bits per heavy atom. The molecule has 0 amide bonds. The number of thiophene rings is 1. The van der Waals surface area contributed by atoms with Crippen LogP contribution in [0.15, 0.2) is 10.3 Å². The van der Waals surface area contributed by atoms with E-state index in [1.54, 1.807) is 10.4 Å². The summed E-state index contributed by atoms with van der Waals surface area (Å²) in [7, 11) is -3.39. The van der Waals surface area contributed by atoms with Crippen molar-refractivity contribution in [1.82, 2.24) is 9.62 Å². The predicted octanol–water partition coefficient (Wildman–Crippen LogP) is 2.86. The third kappa shape index (κ3) is 3.15. The summed E-state index contributed by atoms with van der Waals surface area (Å²) in [6.07, 6.45) is 4.43. The van der Waals surface area contributed by atoms with Gasteiger partial charge in [-0.25, -0.2) is 8.42 Å². The van der Waals surface area contributed by atoms with E-state index in [9.17, 15) is 8.42 Å². The number of hydrogen-bond acceptors (Lipinski definition) is 4. The van der Waals surface area contributed by atoms with Gasteiger partial charge in [-0.05, 0) is 56.7 Å². The van der Waals surface area contributed by atoms with Crippen LogP contribution in [0.2, 0.25) is 4.34 Å². The highest BCUT2D eigenvalue weighted by molar-refractivity contribution is 7.91. The number of aryl methyl sites for hydroxylation is 1. The van der Waals surface area contributed by atoms with Crippen molar-refractivity contribution in [2.24, 2.45) is 5.92 Å². The smallest absolute Gasteiger partial charge is 0.252 e. The maximum atomic E-state index is 12.8. The van der Waals surface area contributed by atoms with Crippen LogP contribution in [0.1, 0.15) is 31.2 Å². The predicted molar refractivity (Wildman–Crippen MR) is 86.6 cm³/mol. The van der Waals surface area contributed by atoms with Crippen LogP contribution in [0, 0.1) is 12.8 Å². The Morgan fingerprint density at radius 1 is 1.38 bits per heavy atom. The van der Waals surface area contributed by atoms with E-state index >= 15 is 0 Å². The molecule has 1 aromatic rings. The normalized spacial score (nSPS) is 28.1. The van der Waals surface area contributed by atoms with Crippen LogP contribution in [0.5, 0.6) is 0 Å². The second kappa shape index (κ2) is 6.16. The number of sulfonamides is 1. The third-order valence-corrected chi connectivity index (χ3v) is 8.39. The molecule has 0 spiro atoms. The van der Waals surface area contributed by atoms with Gasteiger partial charge in [0.15, 0.2) is 0 Å². The maximum absolute atomic E-state index is 12.8. The number of piperidine rings is 1. The number of rotatable bonds is 3. The first-order valence-corrected chi connectivity index (χ1v) is 10.1. The van der Waals surface area contributed by atoms with Crippen LogP contribution < -0.4 is 5.32 Å². The minimum Gasteiger partial charge on any atom is -0.314 e. The van der Waals surface area contributed by atoms with Gasteiger partial charge < -0.3 is 5.32 Å². The lowest BCUT2D eigenvalue weighted by Crippen LogP contribution is -2.45. The lowest BCUT2D eigenvalue weighted by Gasteiger charge is -2.34. The molecule has 3 heterocycles. The fourth-order valence-corrected chi connectivity index (χ4v) is 6.72. The van der Waals surface area contributed by atoms with Gasteiger partial charge in [-0.1, -0.05) is 11.6 Å². The highest BCUT2D eigenvalue weighted by Crippen LogP contribution is 2.34. The Hall–Kier alpha value is -0.140. The topological polar surface area (TPSA) is 49.4 Å². The van der Waals surface area contributed by atoms with Crippen molar-refractivity contribution in [3.63, 3.8) is 0 Å². The van der Waals surface area contributed by atoms with E-state index < -0.39 is 10.0 Å². The monoisotopic (exact) mass is 348 g/mol. The summed E-state index contributed by atoms with van der Waals surface area (Å²) in [6, 6.07) is 2.18. The first-order valence-electron chi connectivity index (χ1n) is 7.48. The van der Waals surface area contributed by atoms with Crippen molar-refractivity contribution in [2.45, 2.75) is 42.9 Å². The molecule has 3 rings (SSSR count). The number of nitrogens with one attached hydrogen (secondary N) is 1. The SMILES string of the molecule is Cc1cc(S(=O)(=O)N2CCCC(C3CCCN3)C2)sc1Cl. The highest BCUT2D eigenvalue weighted by Gasteiger charge is 2.35. The Labute approximate surface area is 135 Å². The second-order valence-corrected chi connectivity index (χ2v) is 9.81. The lowest BCUT2D eigenvalue weighted by molar-refractivity contribution is 0.227. The molecule has 21 heavy (non-hydrogen) atoms. The van der Waals surface area contributed by atoms with E-state index in [0.717, 1.165) is 24.9 Å². The summed E-state index contributed by atoms with van der Waals surface area (Å²) < 4.78 is 28.1. The zero-order valence-corrected chi connectivity index (χ0v) is 14.5. The van der Waals surface area contributed by atoms with Gasteiger partial charge in [-0.3, -0.25) is 0 Å². The van der Waals surface area contributed by atoms with Gasteiger partial charge in [-0.2, -0.15) is 4.31 Å². The van der Waals surface area contributed by atoms with Gasteiger partial charge in [0.25, 0.3) is 10.0 Å². The van der Waals surface area contributed by atoms with Gasteiger partial charge >= 0.3 is 0 Å². The molecule has 2 aliphatic heterocycles. The van der Waals surface area contributed by atoms with Crippen LogP contribution in [-0.2, 0) is 10.0 Å². The molecule has 2 saturated heterocycles. The number of hydrogen-bond donors (Lipinski definition) is 1. The molecule has 0 saturated carbocycles. The number of nitrogens with zero attached hydrogens (tertiary/aromatic N) is 1. The van der Waals surface area contributed by atoms with Gasteiger partial charge in [0.05, 0.1) is 4.34 Å². The fourth-order valence-electron chi connectivity index (χ4n) is 3.32. The maximum Gasteiger partial charge on any atom is 0.252 e. The highest BCUT2D eigenvalue weighted by atomic mass is 35.5. The molecule has 2 aliphatic rings. The minimum absolute atomic E-state index is 0.380. The van der Waals surface area contributed by atoms with Crippen molar-refractivity contribution in [1.29, 1.82) is 0 Å². The standard InChI is InChI=1S/C14H21ClN2O2S2/c1-10-8-13(20-14(10)15)21(18,19)17-7-3-4-11(9-17)12-5-2-6-16-12/h8,11-12,16H,2-7,9H2,1H3. The molecule has 0 aromatic carbocycles. The van der Waals surface area contributed by atoms with Gasteiger partial charge in [-0.15, -0.1) is 11.3 Å². The summed E-state index contributed by atoms with van der Waals surface area (Å²) in [5.74, 6) is 0.438. The van der Waals surface area contributed by atoms with Crippen molar-refractivity contribution < 1.29 is 8.42 Å². The number of halogens is 1. The molecule has 2 unspecified atom stereocenters. The van der Waals surface area contributed by atoms with Gasteiger partial charge in [0.2, 0.25) is 0 Å². The van der Waals surface area contributed by atoms with E-state index in [4.69, 9.17) is 11.6 Å². The molecule has 0 aliphatic carbocycles. The zero-order chi connectivity index (χ0) is 15.0. The molecule has 7 heteroatoms. The van der Waals surface area contributed by atoms with Gasteiger partial charge in [0, 0.05) is 19.1 Å². The first kappa shape index (κ1) is 15.7. The van der Waals surface area contributed by atoms with Gasteiger partial charge in [0.1, 0.15) is 4.21 Å². The van der Waals surface area contributed by atoms with E-state index in [-0.39, 0.29) is 0 Å². The van der Waals surface area contributed by atoms with E-state index in [1.807, 2.05) is 6.92 Å². The first-order chi connectivity index (χ1) is 9.98. The summed E-state index contributed by atoms with van der Waals surface area (Å²) >= 11 is 7.20. The largest absolute Gasteiger partial charge is 0.314 e. The zero-order valence-electron chi connectivity index (χ0n) is 12.1. The Balaban J connectivity index is 1.78. The van der Waals surface area contributed by atoms with Crippen molar-refractivity contribution >= 4 is 33.0 Å². The van der Waals surface area contributed by atoms with E-state index in [1.165, 1.54) is 24.2 Å². The molecule has 118 valence electrons. The van der Waals surface area contributed by atoms with Crippen LogP contribution in [0.25, 0.3) is 0 Å². The summed E-state index contributed by atoms with van der Waals surface area (Å²) in [5.41, 5.74) is 0.839. The summed E-state index contributed by atoms with van der Waals surface area (Å²) in [5, 5.41) is 3.51. The Morgan fingerprint density at radius 3 is 2.81 bits per heavy atom.